The van der Waals surface area contributed by atoms with Gasteiger partial charge in [0.1, 0.15) is 0 Å². The Morgan fingerprint density at radius 1 is 0.353 bits per heavy atom. The van der Waals surface area contributed by atoms with E-state index in [9.17, 15) is 0 Å². The third-order valence-electron chi connectivity index (χ3n) is 3.46. The summed E-state index contributed by atoms with van der Waals surface area (Å²) < 4.78 is 0. The second-order valence-electron chi connectivity index (χ2n) is 5.24. The van der Waals surface area contributed by atoms with Crippen LogP contribution in [0.1, 0.15) is 104 Å². The van der Waals surface area contributed by atoms with Crippen LogP contribution in [0.4, 0.5) is 0 Å². The van der Waals surface area contributed by atoms with E-state index in [0.717, 1.165) is 0 Å². The van der Waals surface area contributed by atoms with E-state index in [1.807, 2.05) is 0 Å². The molecule has 0 aliphatic rings. The topological polar surface area (TPSA) is 0 Å². The van der Waals surface area contributed by atoms with E-state index >= 15 is 0 Å². The van der Waals surface area contributed by atoms with Crippen molar-refractivity contribution in [2.45, 2.75) is 104 Å². The standard InChI is InChI=1S/C16H34.Fe/c1-3-5-7-9-11-13-15-16-14-12-10-8-6-4-2;/h3-16H2,1-2H3;/q;+2. The van der Waals surface area contributed by atoms with E-state index in [-0.39, 0.29) is 17.1 Å². The van der Waals surface area contributed by atoms with Crippen LogP contribution in [-0.2, 0) is 17.1 Å². The van der Waals surface area contributed by atoms with Crippen molar-refractivity contribution in [2.75, 3.05) is 0 Å². The van der Waals surface area contributed by atoms with Gasteiger partial charge in [0, 0.05) is 0 Å². The summed E-state index contributed by atoms with van der Waals surface area (Å²) in [5, 5.41) is 0. The molecular formula is C16H34Fe+2. The molecule has 0 aromatic heterocycles. The number of rotatable bonds is 13. The molecule has 0 saturated heterocycles. The molecule has 0 atom stereocenters. The summed E-state index contributed by atoms with van der Waals surface area (Å²) in [6.07, 6.45) is 20.4. The minimum Gasteiger partial charge on any atom is -0.0654 e. The fourth-order valence-electron chi connectivity index (χ4n) is 2.27. The molecule has 0 heterocycles. The Morgan fingerprint density at radius 2 is 0.529 bits per heavy atom. The van der Waals surface area contributed by atoms with E-state index in [1.54, 1.807) is 0 Å². The average Bonchev–Trinajstić information content (AvgIpc) is 2.31. The van der Waals surface area contributed by atoms with Crippen LogP contribution in [0.5, 0.6) is 0 Å². The molecule has 0 aliphatic heterocycles. The maximum Gasteiger partial charge on any atom is 2.00 e. The summed E-state index contributed by atoms with van der Waals surface area (Å²) >= 11 is 0. The van der Waals surface area contributed by atoms with E-state index in [1.165, 1.54) is 89.9 Å². The van der Waals surface area contributed by atoms with Crippen molar-refractivity contribution in [1.82, 2.24) is 0 Å². The third-order valence-corrected chi connectivity index (χ3v) is 3.46. The normalized spacial score (nSPS) is 10.2. The molecule has 0 N–H and O–H groups in total. The molecule has 0 rings (SSSR count). The van der Waals surface area contributed by atoms with Gasteiger partial charge >= 0.3 is 17.1 Å². The van der Waals surface area contributed by atoms with Gasteiger partial charge in [-0.05, 0) is 0 Å². The first kappa shape index (κ1) is 19.8. The van der Waals surface area contributed by atoms with Crippen LogP contribution in [0.15, 0.2) is 0 Å². The zero-order valence-electron chi connectivity index (χ0n) is 12.3. The second-order valence-corrected chi connectivity index (χ2v) is 5.24. The Balaban J connectivity index is 0. The molecule has 17 heavy (non-hydrogen) atoms. The Morgan fingerprint density at radius 3 is 0.706 bits per heavy atom. The van der Waals surface area contributed by atoms with Crippen molar-refractivity contribution in [3.05, 3.63) is 0 Å². The summed E-state index contributed by atoms with van der Waals surface area (Å²) in [5.74, 6) is 0. The average molecular weight is 282 g/mol. The SMILES string of the molecule is CCCCCCCCCCCCCCCC.[Fe+2]. The maximum absolute atomic E-state index is 2.29. The zero-order valence-corrected chi connectivity index (χ0v) is 13.4. The van der Waals surface area contributed by atoms with Crippen LogP contribution in [0, 0.1) is 0 Å². The van der Waals surface area contributed by atoms with Crippen molar-refractivity contribution < 1.29 is 17.1 Å². The zero-order chi connectivity index (χ0) is 11.9. The molecule has 0 fully saturated rings. The van der Waals surface area contributed by atoms with E-state index in [0.29, 0.717) is 0 Å². The summed E-state index contributed by atoms with van der Waals surface area (Å²) in [7, 11) is 0. The van der Waals surface area contributed by atoms with E-state index in [4.69, 9.17) is 0 Å². The smallest absolute Gasteiger partial charge is 0.0654 e. The summed E-state index contributed by atoms with van der Waals surface area (Å²) in [6.45, 7) is 4.58. The first-order valence-corrected chi connectivity index (χ1v) is 7.91. The second kappa shape index (κ2) is 18.9. The largest absolute Gasteiger partial charge is 2.00 e. The summed E-state index contributed by atoms with van der Waals surface area (Å²) in [6, 6.07) is 0. The molecule has 0 nitrogen and oxygen atoms in total. The van der Waals surface area contributed by atoms with Crippen LogP contribution >= 0.6 is 0 Å². The molecular weight excluding hydrogens is 248 g/mol. The van der Waals surface area contributed by atoms with E-state index < -0.39 is 0 Å². The van der Waals surface area contributed by atoms with Gasteiger partial charge in [0.25, 0.3) is 0 Å². The molecule has 0 amide bonds. The third kappa shape index (κ3) is 19.1. The van der Waals surface area contributed by atoms with Crippen molar-refractivity contribution in [1.29, 1.82) is 0 Å². The molecule has 0 saturated carbocycles. The molecule has 104 valence electrons. The predicted molar refractivity (Wildman–Crippen MR) is 76.0 cm³/mol. The molecule has 0 aromatic rings. The van der Waals surface area contributed by atoms with Crippen LogP contribution in [0.2, 0.25) is 0 Å². The Hall–Kier alpha value is 0.519. The summed E-state index contributed by atoms with van der Waals surface area (Å²) in [5.41, 5.74) is 0. The van der Waals surface area contributed by atoms with Crippen LogP contribution in [0.25, 0.3) is 0 Å². The van der Waals surface area contributed by atoms with Crippen molar-refractivity contribution in [2.24, 2.45) is 0 Å². The molecule has 0 radical (unpaired) electrons. The van der Waals surface area contributed by atoms with Crippen LogP contribution in [-0.4, -0.2) is 0 Å². The van der Waals surface area contributed by atoms with Gasteiger partial charge in [0.2, 0.25) is 0 Å². The van der Waals surface area contributed by atoms with Gasteiger partial charge in [-0.3, -0.25) is 0 Å². The van der Waals surface area contributed by atoms with Gasteiger partial charge < -0.3 is 0 Å². The Kier molecular flexibility index (Phi) is 22.0. The Bertz CT molecular complexity index is 98.1. The van der Waals surface area contributed by atoms with Gasteiger partial charge in [0.15, 0.2) is 0 Å². The molecule has 1 heteroatoms. The van der Waals surface area contributed by atoms with E-state index in [2.05, 4.69) is 13.8 Å². The number of unbranched alkanes of at least 4 members (excludes halogenated alkanes) is 13. The maximum atomic E-state index is 2.29. The molecule has 0 unspecified atom stereocenters. The van der Waals surface area contributed by atoms with Gasteiger partial charge in [-0.25, -0.2) is 0 Å². The minimum atomic E-state index is 0. The van der Waals surface area contributed by atoms with Crippen LogP contribution < -0.4 is 0 Å². The molecule has 0 aliphatic carbocycles. The number of hydrogen-bond acceptors (Lipinski definition) is 0. The fourth-order valence-corrected chi connectivity index (χ4v) is 2.27. The van der Waals surface area contributed by atoms with Crippen molar-refractivity contribution in [3.8, 4) is 0 Å². The molecule has 0 aromatic carbocycles. The summed E-state index contributed by atoms with van der Waals surface area (Å²) in [4.78, 5) is 0. The van der Waals surface area contributed by atoms with Gasteiger partial charge in [-0.15, -0.1) is 0 Å². The number of hydrogen-bond donors (Lipinski definition) is 0. The fraction of sp³-hybridized carbons (Fsp3) is 1.00. The van der Waals surface area contributed by atoms with Gasteiger partial charge in [-0.2, -0.15) is 0 Å². The minimum absolute atomic E-state index is 0. The predicted octanol–water partition coefficient (Wildman–Crippen LogP) is 6.49. The monoisotopic (exact) mass is 282 g/mol. The Labute approximate surface area is 121 Å². The quantitative estimate of drug-likeness (QED) is 0.268. The van der Waals surface area contributed by atoms with Crippen molar-refractivity contribution >= 4 is 0 Å². The van der Waals surface area contributed by atoms with Crippen LogP contribution in [0.3, 0.4) is 0 Å². The molecule has 0 bridgehead atoms. The first-order chi connectivity index (χ1) is 7.91. The first-order valence-electron chi connectivity index (χ1n) is 7.91. The molecule has 0 spiro atoms. The van der Waals surface area contributed by atoms with Gasteiger partial charge in [-0.1, -0.05) is 104 Å². The van der Waals surface area contributed by atoms with Crippen molar-refractivity contribution in [3.63, 3.8) is 0 Å². The van der Waals surface area contributed by atoms with Gasteiger partial charge in [0.05, 0.1) is 0 Å².